The number of hydrogen-bond donors (Lipinski definition) is 0. The summed E-state index contributed by atoms with van der Waals surface area (Å²) < 4.78 is 4.80. The first kappa shape index (κ1) is 8.46. The summed E-state index contributed by atoms with van der Waals surface area (Å²) in [5.74, 6) is -0.0360. The summed E-state index contributed by atoms with van der Waals surface area (Å²) in [6.07, 6.45) is 2.61. The van der Waals surface area contributed by atoms with Gasteiger partial charge in [-0.05, 0) is 19.1 Å². The Labute approximate surface area is 70.7 Å². The Hall–Kier alpha value is -1.64. The second-order valence-electron chi connectivity index (χ2n) is 2.26. The van der Waals surface area contributed by atoms with Crippen molar-refractivity contribution in [1.82, 2.24) is 4.98 Å². The maximum atomic E-state index is 10.7. The summed E-state index contributed by atoms with van der Waals surface area (Å²) in [6.45, 7) is 5.14. The van der Waals surface area contributed by atoms with Gasteiger partial charge in [-0.3, -0.25) is 4.98 Å². The second kappa shape index (κ2) is 3.67. The van der Waals surface area contributed by atoms with Gasteiger partial charge in [0.25, 0.3) is 0 Å². The Balaban J connectivity index is 2.71. The van der Waals surface area contributed by atoms with Gasteiger partial charge in [0.15, 0.2) is 0 Å². The van der Waals surface area contributed by atoms with Gasteiger partial charge < -0.3 is 4.74 Å². The van der Waals surface area contributed by atoms with E-state index >= 15 is 0 Å². The minimum Gasteiger partial charge on any atom is -0.422 e. The number of carbonyl (C=O) groups excluding carboxylic acids is 1. The van der Waals surface area contributed by atoms with Crippen molar-refractivity contribution in [1.29, 1.82) is 0 Å². The molecule has 0 radical (unpaired) electrons. The summed E-state index contributed by atoms with van der Waals surface area (Å²) in [4.78, 5) is 14.7. The molecular weight excluding hydrogens is 154 g/mol. The third-order valence-corrected chi connectivity index (χ3v) is 1.27. The van der Waals surface area contributed by atoms with Gasteiger partial charge in [0.05, 0.1) is 6.20 Å². The molecule has 0 saturated heterocycles. The van der Waals surface area contributed by atoms with Crippen LogP contribution >= 0.6 is 0 Å². The van der Waals surface area contributed by atoms with E-state index in [0.717, 1.165) is 11.8 Å². The van der Waals surface area contributed by atoms with Crippen molar-refractivity contribution in [2.45, 2.75) is 6.92 Å². The molecule has 1 aromatic heterocycles. The molecule has 62 valence electrons. The zero-order chi connectivity index (χ0) is 8.97. The topological polar surface area (TPSA) is 39.2 Å². The number of carbonyl (C=O) groups is 1. The molecule has 1 rings (SSSR count). The predicted molar refractivity (Wildman–Crippen MR) is 44.8 cm³/mol. The van der Waals surface area contributed by atoms with E-state index in [0.29, 0.717) is 5.75 Å². The monoisotopic (exact) mass is 163 g/mol. The average Bonchev–Trinajstić information content (AvgIpc) is 2.09. The van der Waals surface area contributed by atoms with Crippen LogP contribution in [-0.4, -0.2) is 11.0 Å². The molecule has 0 N–H and O–H groups in total. The van der Waals surface area contributed by atoms with Crippen LogP contribution in [0.5, 0.6) is 5.75 Å². The largest absolute Gasteiger partial charge is 0.422 e. The Morgan fingerprint density at radius 1 is 1.67 bits per heavy atom. The highest BCUT2D eigenvalue weighted by atomic mass is 16.5. The smallest absolute Gasteiger partial charge is 0.335 e. The van der Waals surface area contributed by atoms with Gasteiger partial charge in [-0.25, -0.2) is 4.79 Å². The molecule has 0 spiro atoms. The highest BCUT2D eigenvalue weighted by Crippen LogP contribution is 2.08. The molecule has 0 aliphatic rings. The highest BCUT2D eigenvalue weighted by molar-refractivity contribution is 5.83. The molecule has 3 nitrogen and oxygen atoms in total. The Morgan fingerprint density at radius 3 is 2.92 bits per heavy atom. The van der Waals surface area contributed by atoms with E-state index in [4.69, 9.17) is 4.74 Å². The molecule has 0 atom stereocenters. The fourth-order valence-electron chi connectivity index (χ4n) is 0.672. The lowest BCUT2D eigenvalue weighted by atomic mass is 10.4. The van der Waals surface area contributed by atoms with E-state index in [1.54, 1.807) is 12.1 Å². The molecule has 0 saturated carbocycles. The molecule has 0 aliphatic heterocycles. The summed E-state index contributed by atoms with van der Waals surface area (Å²) >= 11 is 0. The van der Waals surface area contributed by atoms with E-state index in [1.807, 2.05) is 6.92 Å². The molecule has 0 fully saturated rings. The van der Waals surface area contributed by atoms with Gasteiger partial charge in [-0.1, -0.05) is 6.58 Å². The molecule has 1 heterocycles. The van der Waals surface area contributed by atoms with Crippen molar-refractivity contribution < 1.29 is 9.53 Å². The van der Waals surface area contributed by atoms with Gasteiger partial charge in [-0.15, -0.1) is 0 Å². The maximum absolute atomic E-state index is 10.7. The fourth-order valence-corrected chi connectivity index (χ4v) is 0.672. The molecule has 12 heavy (non-hydrogen) atoms. The summed E-state index contributed by atoms with van der Waals surface area (Å²) in [7, 11) is 0. The van der Waals surface area contributed by atoms with Crippen molar-refractivity contribution in [3.63, 3.8) is 0 Å². The quantitative estimate of drug-likeness (QED) is 0.489. The van der Waals surface area contributed by atoms with Crippen LogP contribution < -0.4 is 4.74 Å². The summed E-state index contributed by atoms with van der Waals surface area (Å²) in [6, 6.07) is 3.45. The van der Waals surface area contributed by atoms with E-state index in [-0.39, 0.29) is 0 Å². The Bertz CT molecular complexity index is 290. The van der Waals surface area contributed by atoms with Crippen molar-refractivity contribution in [2.24, 2.45) is 0 Å². The molecular formula is C9H9NO2. The van der Waals surface area contributed by atoms with Crippen LogP contribution in [-0.2, 0) is 4.79 Å². The number of hydrogen-bond acceptors (Lipinski definition) is 3. The Kier molecular flexibility index (Phi) is 2.58. The molecule has 0 amide bonds. The molecule has 0 aliphatic carbocycles. The van der Waals surface area contributed by atoms with Crippen LogP contribution in [0.3, 0.4) is 0 Å². The average molecular weight is 163 g/mol. The highest BCUT2D eigenvalue weighted by Gasteiger charge is 1.98. The van der Waals surface area contributed by atoms with E-state index in [2.05, 4.69) is 11.6 Å². The maximum Gasteiger partial charge on any atom is 0.335 e. The number of pyridine rings is 1. The molecule has 0 bridgehead atoms. The normalized spacial score (nSPS) is 9.08. The lowest BCUT2D eigenvalue weighted by Gasteiger charge is -1.99. The molecule has 3 heteroatoms. The number of rotatable bonds is 2. The van der Waals surface area contributed by atoms with Crippen LogP contribution in [0.2, 0.25) is 0 Å². The first-order valence-electron chi connectivity index (χ1n) is 3.49. The van der Waals surface area contributed by atoms with Gasteiger partial charge in [0.1, 0.15) is 5.75 Å². The fraction of sp³-hybridized carbons (Fsp3) is 0.111. The first-order valence-corrected chi connectivity index (χ1v) is 3.49. The summed E-state index contributed by atoms with van der Waals surface area (Å²) in [5.41, 5.74) is 0.883. The first-order chi connectivity index (χ1) is 5.72. The van der Waals surface area contributed by atoms with Crippen molar-refractivity contribution in [3.05, 3.63) is 36.7 Å². The van der Waals surface area contributed by atoms with Crippen molar-refractivity contribution in [2.75, 3.05) is 0 Å². The van der Waals surface area contributed by atoms with Crippen molar-refractivity contribution in [3.8, 4) is 5.75 Å². The molecule has 1 aromatic rings. The van der Waals surface area contributed by atoms with E-state index < -0.39 is 5.97 Å². The van der Waals surface area contributed by atoms with Crippen LogP contribution in [0.4, 0.5) is 0 Å². The lowest BCUT2D eigenvalue weighted by molar-refractivity contribution is -0.128. The van der Waals surface area contributed by atoms with Crippen LogP contribution in [0.15, 0.2) is 31.0 Å². The SMILES string of the molecule is C=CC(=O)Oc1ccc(C)nc1. The minimum atomic E-state index is -0.472. The van der Waals surface area contributed by atoms with Crippen LogP contribution in [0.1, 0.15) is 5.69 Å². The number of aryl methyl sites for hydroxylation is 1. The van der Waals surface area contributed by atoms with E-state index in [1.165, 1.54) is 6.20 Å². The van der Waals surface area contributed by atoms with Gasteiger partial charge in [0.2, 0.25) is 0 Å². The third-order valence-electron chi connectivity index (χ3n) is 1.27. The van der Waals surface area contributed by atoms with Gasteiger partial charge >= 0.3 is 5.97 Å². The minimum absolute atomic E-state index is 0.436. The number of aromatic nitrogens is 1. The zero-order valence-electron chi connectivity index (χ0n) is 6.78. The zero-order valence-corrected chi connectivity index (χ0v) is 6.78. The number of esters is 1. The van der Waals surface area contributed by atoms with Crippen molar-refractivity contribution >= 4 is 5.97 Å². The summed E-state index contributed by atoms with van der Waals surface area (Å²) in [5, 5.41) is 0. The standard InChI is InChI=1S/C9H9NO2/c1-3-9(11)12-8-5-4-7(2)10-6-8/h3-6H,1H2,2H3. The third kappa shape index (κ3) is 2.20. The van der Waals surface area contributed by atoms with Gasteiger partial charge in [0, 0.05) is 11.8 Å². The number of ether oxygens (including phenoxy) is 1. The van der Waals surface area contributed by atoms with Gasteiger partial charge in [-0.2, -0.15) is 0 Å². The van der Waals surface area contributed by atoms with E-state index in [9.17, 15) is 4.79 Å². The van der Waals surface area contributed by atoms with Crippen LogP contribution in [0, 0.1) is 6.92 Å². The Morgan fingerprint density at radius 2 is 2.42 bits per heavy atom. The number of nitrogens with zero attached hydrogens (tertiary/aromatic N) is 1. The van der Waals surface area contributed by atoms with Crippen LogP contribution in [0.25, 0.3) is 0 Å². The predicted octanol–water partition coefficient (Wildman–Crippen LogP) is 1.48. The second-order valence-corrected chi connectivity index (χ2v) is 2.26. The lowest BCUT2D eigenvalue weighted by Crippen LogP contribution is -2.03. The molecule has 0 unspecified atom stereocenters. The molecule has 0 aromatic carbocycles.